The number of aromatic nitrogens is 1. The summed E-state index contributed by atoms with van der Waals surface area (Å²) >= 11 is 0. The van der Waals surface area contributed by atoms with Gasteiger partial charge in [0.1, 0.15) is 18.1 Å². The minimum absolute atomic E-state index is 0.327. The number of halogens is 3. The third-order valence-corrected chi connectivity index (χ3v) is 4.76. The maximum atomic E-state index is 12.7. The molecule has 1 aromatic heterocycles. The zero-order valence-corrected chi connectivity index (χ0v) is 15.3. The summed E-state index contributed by atoms with van der Waals surface area (Å²) in [7, 11) is 0. The van der Waals surface area contributed by atoms with Crippen LogP contribution in [-0.4, -0.2) is 23.0 Å². The SMILES string of the molecule is Cc1oc(-c2ccc(C(F)(F)F)cc2)nc1CN1CCOc2ccccc2C1. The van der Waals surface area contributed by atoms with Crippen LogP contribution in [0, 0.1) is 6.92 Å². The summed E-state index contributed by atoms with van der Waals surface area (Å²) in [6.07, 6.45) is -4.36. The molecule has 3 aromatic rings. The summed E-state index contributed by atoms with van der Waals surface area (Å²) in [6, 6.07) is 12.8. The molecule has 0 amide bonds. The Hall–Kier alpha value is -2.80. The lowest BCUT2D eigenvalue weighted by Crippen LogP contribution is -2.25. The average Bonchev–Trinajstić information content (AvgIpc) is 2.90. The van der Waals surface area contributed by atoms with Crippen LogP contribution in [0.1, 0.15) is 22.6 Å². The van der Waals surface area contributed by atoms with Crippen LogP contribution < -0.4 is 4.74 Å². The number of rotatable bonds is 3. The van der Waals surface area contributed by atoms with E-state index < -0.39 is 11.7 Å². The Kier molecular flexibility index (Phi) is 4.85. The van der Waals surface area contributed by atoms with Gasteiger partial charge in [-0.2, -0.15) is 13.2 Å². The monoisotopic (exact) mass is 388 g/mol. The highest BCUT2D eigenvalue weighted by molar-refractivity contribution is 5.54. The number of para-hydroxylation sites is 1. The quantitative estimate of drug-likeness (QED) is 0.628. The topological polar surface area (TPSA) is 38.5 Å². The molecule has 1 aliphatic rings. The van der Waals surface area contributed by atoms with Crippen LogP contribution in [-0.2, 0) is 19.3 Å². The van der Waals surface area contributed by atoms with Gasteiger partial charge in [0.2, 0.25) is 5.89 Å². The summed E-state index contributed by atoms with van der Waals surface area (Å²) in [6.45, 7) is 4.46. The Morgan fingerprint density at radius 1 is 1.07 bits per heavy atom. The molecule has 0 bridgehead atoms. The highest BCUT2D eigenvalue weighted by Gasteiger charge is 2.30. The molecule has 0 unspecified atom stereocenters. The van der Waals surface area contributed by atoms with E-state index >= 15 is 0 Å². The van der Waals surface area contributed by atoms with Gasteiger partial charge >= 0.3 is 6.18 Å². The maximum absolute atomic E-state index is 12.7. The van der Waals surface area contributed by atoms with Gasteiger partial charge in [0.15, 0.2) is 0 Å². The second kappa shape index (κ2) is 7.31. The molecule has 0 N–H and O–H groups in total. The molecular weight excluding hydrogens is 369 g/mol. The van der Waals surface area contributed by atoms with Gasteiger partial charge in [-0.15, -0.1) is 0 Å². The number of hydrogen-bond acceptors (Lipinski definition) is 4. The Bertz CT molecular complexity index is 965. The van der Waals surface area contributed by atoms with Crippen LogP contribution in [0.15, 0.2) is 52.9 Å². The second-order valence-corrected chi connectivity index (χ2v) is 6.76. The Labute approximate surface area is 160 Å². The molecule has 28 heavy (non-hydrogen) atoms. The van der Waals surface area contributed by atoms with E-state index in [2.05, 4.69) is 9.88 Å². The average molecular weight is 388 g/mol. The van der Waals surface area contributed by atoms with E-state index in [-0.39, 0.29) is 0 Å². The van der Waals surface area contributed by atoms with Crippen molar-refractivity contribution in [2.24, 2.45) is 0 Å². The molecule has 0 saturated heterocycles. The molecule has 0 aliphatic carbocycles. The molecule has 4 nitrogen and oxygen atoms in total. The highest BCUT2D eigenvalue weighted by Crippen LogP contribution is 2.31. The van der Waals surface area contributed by atoms with Crippen molar-refractivity contribution in [3.05, 3.63) is 71.1 Å². The summed E-state index contributed by atoms with van der Waals surface area (Å²) < 4.78 is 49.7. The van der Waals surface area contributed by atoms with E-state index in [1.165, 1.54) is 12.1 Å². The van der Waals surface area contributed by atoms with Crippen LogP contribution in [0.25, 0.3) is 11.5 Å². The molecule has 4 rings (SSSR count). The lowest BCUT2D eigenvalue weighted by atomic mass is 10.1. The Morgan fingerprint density at radius 2 is 1.82 bits per heavy atom. The van der Waals surface area contributed by atoms with Crippen molar-refractivity contribution in [1.29, 1.82) is 0 Å². The molecule has 7 heteroatoms. The van der Waals surface area contributed by atoms with Crippen LogP contribution >= 0.6 is 0 Å². The van der Waals surface area contributed by atoms with Crippen molar-refractivity contribution in [2.45, 2.75) is 26.2 Å². The molecule has 1 aliphatic heterocycles. The molecule has 146 valence electrons. The van der Waals surface area contributed by atoms with E-state index in [0.29, 0.717) is 30.4 Å². The first-order valence-electron chi connectivity index (χ1n) is 8.97. The number of alkyl halides is 3. The number of aryl methyl sites for hydroxylation is 1. The van der Waals surface area contributed by atoms with E-state index in [1.807, 2.05) is 31.2 Å². The molecule has 0 radical (unpaired) electrons. The van der Waals surface area contributed by atoms with Gasteiger partial charge in [0, 0.05) is 30.8 Å². The minimum atomic E-state index is -4.36. The van der Waals surface area contributed by atoms with Crippen molar-refractivity contribution < 1.29 is 22.3 Å². The predicted molar refractivity (Wildman–Crippen MR) is 97.7 cm³/mol. The highest BCUT2D eigenvalue weighted by atomic mass is 19.4. The first kappa shape index (κ1) is 18.6. The lowest BCUT2D eigenvalue weighted by Gasteiger charge is -2.17. The molecule has 0 fully saturated rings. The number of hydrogen-bond donors (Lipinski definition) is 0. The van der Waals surface area contributed by atoms with Crippen LogP contribution in [0.2, 0.25) is 0 Å². The van der Waals surface area contributed by atoms with Gasteiger partial charge in [-0.3, -0.25) is 4.90 Å². The summed E-state index contributed by atoms with van der Waals surface area (Å²) in [5.41, 5.74) is 1.72. The van der Waals surface area contributed by atoms with E-state index in [9.17, 15) is 13.2 Å². The number of fused-ring (bicyclic) bond motifs is 1. The van der Waals surface area contributed by atoms with Gasteiger partial charge in [-0.05, 0) is 37.3 Å². The van der Waals surface area contributed by atoms with Gasteiger partial charge in [0.05, 0.1) is 11.3 Å². The first-order valence-corrected chi connectivity index (χ1v) is 8.97. The summed E-state index contributed by atoms with van der Waals surface area (Å²) in [4.78, 5) is 6.74. The molecule has 0 atom stereocenters. The second-order valence-electron chi connectivity index (χ2n) is 6.76. The standard InChI is InChI=1S/C21H19F3N2O2/c1-14-18(13-26-10-11-27-19-5-3-2-4-16(19)12-26)25-20(28-14)15-6-8-17(9-7-15)21(22,23)24/h2-9H,10-13H2,1H3. The lowest BCUT2D eigenvalue weighted by molar-refractivity contribution is -0.137. The fourth-order valence-corrected chi connectivity index (χ4v) is 3.23. The van der Waals surface area contributed by atoms with Gasteiger partial charge in [0.25, 0.3) is 0 Å². The van der Waals surface area contributed by atoms with Crippen LogP contribution in [0.4, 0.5) is 13.2 Å². The third kappa shape index (κ3) is 3.89. The van der Waals surface area contributed by atoms with Gasteiger partial charge in [-0.1, -0.05) is 18.2 Å². The van der Waals surface area contributed by atoms with Crippen molar-refractivity contribution in [3.8, 4) is 17.2 Å². The van der Waals surface area contributed by atoms with Crippen molar-refractivity contribution in [3.63, 3.8) is 0 Å². The molecule has 0 saturated carbocycles. The number of nitrogens with zero attached hydrogens (tertiary/aromatic N) is 2. The molecule has 2 aromatic carbocycles. The van der Waals surface area contributed by atoms with E-state index in [4.69, 9.17) is 9.15 Å². The molecule has 0 spiro atoms. The first-order chi connectivity index (χ1) is 13.4. The Morgan fingerprint density at radius 3 is 2.57 bits per heavy atom. The maximum Gasteiger partial charge on any atom is 0.416 e. The van der Waals surface area contributed by atoms with Gasteiger partial charge in [-0.25, -0.2) is 4.98 Å². The van der Waals surface area contributed by atoms with Crippen molar-refractivity contribution in [2.75, 3.05) is 13.2 Å². The third-order valence-electron chi connectivity index (χ3n) is 4.76. The van der Waals surface area contributed by atoms with E-state index in [0.717, 1.165) is 42.2 Å². The van der Waals surface area contributed by atoms with Crippen molar-refractivity contribution >= 4 is 0 Å². The van der Waals surface area contributed by atoms with Gasteiger partial charge < -0.3 is 9.15 Å². The number of ether oxygens (including phenoxy) is 1. The smallest absolute Gasteiger partial charge is 0.416 e. The predicted octanol–water partition coefficient (Wildman–Crippen LogP) is 5.06. The number of benzene rings is 2. The largest absolute Gasteiger partial charge is 0.492 e. The number of oxazole rings is 1. The fourth-order valence-electron chi connectivity index (χ4n) is 3.23. The zero-order chi connectivity index (χ0) is 19.7. The van der Waals surface area contributed by atoms with E-state index in [1.54, 1.807) is 0 Å². The molecule has 2 heterocycles. The fraction of sp³-hybridized carbons (Fsp3) is 0.286. The molecular formula is C21H19F3N2O2. The van der Waals surface area contributed by atoms with Crippen LogP contribution in [0.3, 0.4) is 0 Å². The van der Waals surface area contributed by atoms with Crippen LogP contribution in [0.5, 0.6) is 5.75 Å². The summed E-state index contributed by atoms with van der Waals surface area (Å²) in [5.74, 6) is 1.88. The Balaban J connectivity index is 1.52. The normalized spacial score (nSPS) is 15.0. The zero-order valence-electron chi connectivity index (χ0n) is 15.3. The summed E-state index contributed by atoms with van der Waals surface area (Å²) in [5, 5.41) is 0. The van der Waals surface area contributed by atoms with Crippen molar-refractivity contribution in [1.82, 2.24) is 9.88 Å². The minimum Gasteiger partial charge on any atom is -0.492 e.